The molecule has 0 aliphatic carbocycles. The van der Waals surface area contributed by atoms with E-state index in [1.54, 1.807) is 11.3 Å². The van der Waals surface area contributed by atoms with Gasteiger partial charge in [-0.25, -0.2) is 12.7 Å². The lowest BCUT2D eigenvalue weighted by Crippen LogP contribution is -3.12. The van der Waals surface area contributed by atoms with E-state index in [1.165, 1.54) is 52.3 Å². The molecule has 1 aliphatic heterocycles. The Hall–Kier alpha value is -1.48. The van der Waals surface area contributed by atoms with Crippen molar-refractivity contribution in [2.45, 2.75) is 31.0 Å². The van der Waals surface area contributed by atoms with E-state index in [4.69, 9.17) is 0 Å². The number of nitrogens with zero attached hydrogens (tertiary/aromatic N) is 2. The quantitative estimate of drug-likeness (QED) is 0.845. The summed E-state index contributed by atoms with van der Waals surface area (Å²) in [6, 6.07) is 5.15. The lowest BCUT2D eigenvalue weighted by molar-refractivity contribution is -0.953. The Morgan fingerprint density at radius 2 is 2.08 bits per heavy atom. The van der Waals surface area contributed by atoms with Crippen molar-refractivity contribution in [3.8, 4) is 0 Å². The van der Waals surface area contributed by atoms with Gasteiger partial charge in [-0.2, -0.15) is 0 Å². The summed E-state index contributed by atoms with van der Waals surface area (Å²) in [5, 5.41) is 2.11. The summed E-state index contributed by atoms with van der Waals surface area (Å²) >= 11 is 1.78. The first kappa shape index (κ1) is 17.3. The summed E-state index contributed by atoms with van der Waals surface area (Å²) in [7, 11) is -0.570. The third kappa shape index (κ3) is 3.06. The number of pyridine rings is 1. The molecule has 6 nitrogen and oxygen atoms in total. The Balaban J connectivity index is 1.90. The average Bonchev–Trinajstić information content (AvgIpc) is 3.01. The maximum Gasteiger partial charge on any atom is 0.254 e. The van der Waals surface area contributed by atoms with Gasteiger partial charge in [-0.05, 0) is 24.4 Å². The van der Waals surface area contributed by atoms with Crippen molar-refractivity contribution in [2.75, 3.05) is 20.6 Å². The lowest BCUT2D eigenvalue weighted by Gasteiger charge is -2.30. The van der Waals surface area contributed by atoms with Gasteiger partial charge in [0, 0.05) is 43.2 Å². The Morgan fingerprint density at radius 3 is 2.79 bits per heavy atom. The SMILES string of the molecule is C[C@@H]1c2ccsc2CC[NH+]1Cn1cc(S(=O)(=O)N(C)C)ccc1=O. The zero-order chi connectivity index (χ0) is 17.5. The van der Waals surface area contributed by atoms with Gasteiger partial charge in [-0.15, -0.1) is 11.3 Å². The fourth-order valence-corrected chi connectivity index (χ4v) is 4.98. The average molecular weight is 369 g/mol. The van der Waals surface area contributed by atoms with Crippen molar-refractivity contribution in [1.82, 2.24) is 8.87 Å². The lowest BCUT2D eigenvalue weighted by atomic mass is 10.0. The van der Waals surface area contributed by atoms with E-state index in [9.17, 15) is 13.2 Å². The maximum absolute atomic E-state index is 12.3. The van der Waals surface area contributed by atoms with Crippen molar-refractivity contribution < 1.29 is 13.3 Å². The summed E-state index contributed by atoms with van der Waals surface area (Å²) in [4.78, 5) is 15.0. The van der Waals surface area contributed by atoms with Gasteiger partial charge in [0.15, 0.2) is 6.67 Å². The van der Waals surface area contributed by atoms with E-state index < -0.39 is 10.0 Å². The summed E-state index contributed by atoms with van der Waals surface area (Å²) in [6.07, 6.45) is 2.46. The van der Waals surface area contributed by atoms with Crippen LogP contribution in [0.15, 0.2) is 39.5 Å². The Bertz CT molecular complexity index is 899. The predicted octanol–water partition coefficient (Wildman–Crippen LogP) is 0.320. The van der Waals surface area contributed by atoms with Gasteiger partial charge in [-0.1, -0.05) is 0 Å². The van der Waals surface area contributed by atoms with Gasteiger partial charge >= 0.3 is 0 Å². The zero-order valence-electron chi connectivity index (χ0n) is 14.0. The molecule has 2 atom stereocenters. The molecule has 3 heterocycles. The van der Waals surface area contributed by atoms with Crippen LogP contribution in [0.4, 0.5) is 0 Å². The molecule has 0 aromatic carbocycles. The van der Waals surface area contributed by atoms with Crippen molar-refractivity contribution in [2.24, 2.45) is 0 Å². The highest BCUT2D eigenvalue weighted by molar-refractivity contribution is 7.89. The first-order valence-electron chi connectivity index (χ1n) is 7.84. The molecule has 130 valence electrons. The number of sulfonamides is 1. The van der Waals surface area contributed by atoms with Crippen LogP contribution in [0.5, 0.6) is 0 Å². The summed E-state index contributed by atoms with van der Waals surface area (Å²) in [5.41, 5.74) is 1.16. The van der Waals surface area contributed by atoms with Gasteiger partial charge in [0.25, 0.3) is 5.56 Å². The van der Waals surface area contributed by atoms with Gasteiger partial charge < -0.3 is 4.90 Å². The summed E-state index contributed by atoms with van der Waals surface area (Å²) in [6.45, 7) is 3.56. The van der Waals surface area contributed by atoms with E-state index in [0.717, 1.165) is 17.3 Å². The number of nitrogens with one attached hydrogen (secondary N) is 1. The molecule has 1 aliphatic rings. The second-order valence-electron chi connectivity index (χ2n) is 6.30. The van der Waals surface area contributed by atoms with Crippen LogP contribution in [0.3, 0.4) is 0 Å². The van der Waals surface area contributed by atoms with Crippen LogP contribution in [0.1, 0.15) is 23.4 Å². The number of rotatable bonds is 4. The minimum atomic E-state index is -3.54. The van der Waals surface area contributed by atoms with Crippen LogP contribution >= 0.6 is 11.3 Å². The largest absolute Gasteiger partial charge is 0.311 e. The normalized spacial score (nSPS) is 21.0. The monoisotopic (exact) mass is 368 g/mol. The van der Waals surface area contributed by atoms with Gasteiger partial charge in [0.1, 0.15) is 6.04 Å². The van der Waals surface area contributed by atoms with Crippen LogP contribution in [0.25, 0.3) is 0 Å². The minimum absolute atomic E-state index is 0.146. The van der Waals surface area contributed by atoms with Gasteiger partial charge in [-0.3, -0.25) is 9.36 Å². The second kappa shape index (κ2) is 6.44. The fraction of sp³-hybridized carbons (Fsp3) is 0.438. The number of hydrogen-bond acceptors (Lipinski definition) is 4. The molecule has 2 aromatic rings. The van der Waals surface area contributed by atoms with Gasteiger partial charge in [0.05, 0.1) is 11.4 Å². The molecular weight excluding hydrogens is 346 g/mol. The molecule has 0 amide bonds. The maximum atomic E-state index is 12.3. The van der Waals surface area contributed by atoms with E-state index in [2.05, 4.69) is 18.4 Å². The summed E-state index contributed by atoms with van der Waals surface area (Å²) < 4.78 is 27.2. The topological polar surface area (TPSA) is 63.8 Å². The molecule has 0 radical (unpaired) electrons. The standard InChI is InChI=1S/C16H21N3O3S2/c1-12-14-7-9-23-15(14)6-8-18(12)11-19-10-13(4-5-16(19)20)24(21,22)17(2)3/h4-5,7,9-10,12H,6,8,11H2,1-3H3/p+1/t12-/m1/s1. The molecule has 24 heavy (non-hydrogen) atoms. The number of quaternary nitrogens is 1. The molecule has 0 saturated heterocycles. The highest BCUT2D eigenvalue weighted by Crippen LogP contribution is 2.24. The van der Waals surface area contributed by atoms with Crippen LogP contribution in [-0.2, 0) is 23.1 Å². The Labute approximate surface area is 146 Å². The summed E-state index contributed by atoms with van der Waals surface area (Å²) in [5.74, 6) is 0. The van der Waals surface area contributed by atoms with Crippen molar-refractivity contribution in [3.63, 3.8) is 0 Å². The van der Waals surface area contributed by atoms with Crippen LogP contribution in [0, 0.1) is 0 Å². The Morgan fingerprint density at radius 1 is 1.33 bits per heavy atom. The first-order chi connectivity index (χ1) is 11.3. The zero-order valence-corrected chi connectivity index (χ0v) is 15.7. The van der Waals surface area contributed by atoms with Crippen molar-refractivity contribution >= 4 is 21.4 Å². The first-order valence-corrected chi connectivity index (χ1v) is 10.2. The molecule has 0 saturated carbocycles. The number of hydrogen-bond donors (Lipinski definition) is 1. The van der Waals surface area contributed by atoms with Crippen LogP contribution < -0.4 is 10.5 Å². The molecule has 2 aromatic heterocycles. The van der Waals surface area contributed by atoms with Crippen molar-refractivity contribution in [3.05, 3.63) is 50.6 Å². The smallest absolute Gasteiger partial charge is 0.254 e. The molecule has 0 bridgehead atoms. The number of aromatic nitrogens is 1. The van der Waals surface area contributed by atoms with E-state index in [1.807, 2.05) is 0 Å². The molecule has 0 spiro atoms. The molecule has 0 fully saturated rings. The molecule has 1 N–H and O–H groups in total. The second-order valence-corrected chi connectivity index (χ2v) is 9.45. The Kier molecular flexibility index (Phi) is 4.65. The fourth-order valence-electron chi connectivity index (χ4n) is 3.08. The molecule has 8 heteroatoms. The van der Waals surface area contributed by atoms with E-state index in [-0.39, 0.29) is 10.5 Å². The highest BCUT2D eigenvalue weighted by Gasteiger charge is 2.28. The highest BCUT2D eigenvalue weighted by atomic mass is 32.2. The third-order valence-electron chi connectivity index (χ3n) is 4.64. The molecular formula is C16H22N3O3S2+. The third-order valence-corrected chi connectivity index (χ3v) is 7.44. The van der Waals surface area contributed by atoms with E-state index in [0.29, 0.717) is 12.7 Å². The predicted molar refractivity (Wildman–Crippen MR) is 93.8 cm³/mol. The van der Waals surface area contributed by atoms with Crippen LogP contribution in [0.2, 0.25) is 0 Å². The minimum Gasteiger partial charge on any atom is -0.311 e. The number of thiophene rings is 1. The van der Waals surface area contributed by atoms with Gasteiger partial charge in [0.2, 0.25) is 10.0 Å². The molecule has 3 rings (SSSR count). The molecule has 1 unspecified atom stereocenters. The van der Waals surface area contributed by atoms with E-state index >= 15 is 0 Å². The van der Waals surface area contributed by atoms with Crippen molar-refractivity contribution in [1.29, 1.82) is 0 Å². The van der Waals surface area contributed by atoms with Crippen LogP contribution in [-0.4, -0.2) is 37.9 Å². The number of fused-ring (bicyclic) bond motifs is 1.